The predicted octanol–water partition coefficient (Wildman–Crippen LogP) is 3.86. The van der Waals surface area contributed by atoms with Gasteiger partial charge in [-0.15, -0.1) is 6.58 Å². The Balaban J connectivity index is 1.95. The lowest BCUT2D eigenvalue weighted by Crippen LogP contribution is -2.26. The van der Waals surface area contributed by atoms with Crippen molar-refractivity contribution in [1.29, 1.82) is 0 Å². The minimum Gasteiger partial charge on any atom is -0.377 e. The number of aliphatic hydroxyl groups is 1. The number of alkyl halides is 3. The maximum Gasteiger partial charge on any atom is 0.471 e. The molecule has 0 bridgehead atoms. The minimum atomic E-state index is -4.71. The number of hydrogen-bond acceptors (Lipinski definition) is 6. The molecule has 1 atom stereocenters. The molecule has 6 nitrogen and oxygen atoms in total. The smallest absolute Gasteiger partial charge is 0.377 e. The average molecular weight is 365 g/mol. The quantitative estimate of drug-likeness (QED) is 0.691. The Bertz CT molecular complexity index is 915. The highest BCUT2D eigenvalue weighted by Crippen LogP contribution is 2.35. The first-order chi connectivity index (χ1) is 12.2. The van der Waals surface area contributed by atoms with Crippen molar-refractivity contribution in [3.05, 3.63) is 65.9 Å². The summed E-state index contributed by atoms with van der Waals surface area (Å²) in [6, 6.07) is 7.65. The molecule has 0 aliphatic rings. The van der Waals surface area contributed by atoms with E-state index in [1.54, 1.807) is 25.1 Å². The van der Waals surface area contributed by atoms with Crippen molar-refractivity contribution < 1.29 is 27.3 Å². The van der Waals surface area contributed by atoms with Crippen LogP contribution in [0, 0.1) is 6.92 Å². The highest BCUT2D eigenvalue weighted by molar-refractivity contribution is 5.55. The first-order valence-electron chi connectivity index (χ1n) is 7.53. The maximum absolute atomic E-state index is 12.6. The molecule has 2 heterocycles. The van der Waals surface area contributed by atoms with E-state index in [0.29, 0.717) is 16.8 Å². The Hall–Kier alpha value is -2.94. The van der Waals surface area contributed by atoms with Crippen molar-refractivity contribution in [2.45, 2.75) is 25.1 Å². The molecule has 26 heavy (non-hydrogen) atoms. The Labute approximate surface area is 145 Å². The molecule has 136 valence electrons. The molecule has 2 aromatic heterocycles. The van der Waals surface area contributed by atoms with E-state index >= 15 is 0 Å². The van der Waals surface area contributed by atoms with Gasteiger partial charge < -0.3 is 14.2 Å². The third-order valence-corrected chi connectivity index (χ3v) is 3.76. The van der Waals surface area contributed by atoms with Crippen molar-refractivity contribution in [3.8, 4) is 11.4 Å². The number of rotatable bonds is 5. The number of aryl methyl sites for hydroxylation is 1. The van der Waals surface area contributed by atoms with Gasteiger partial charge >= 0.3 is 12.1 Å². The van der Waals surface area contributed by atoms with Crippen LogP contribution in [-0.4, -0.2) is 20.4 Å². The number of aromatic nitrogens is 3. The molecule has 0 fully saturated rings. The van der Waals surface area contributed by atoms with Gasteiger partial charge in [0.25, 0.3) is 0 Å². The summed E-state index contributed by atoms with van der Waals surface area (Å²) in [6.07, 6.45) is -3.03. The molecule has 0 aliphatic carbocycles. The summed E-state index contributed by atoms with van der Waals surface area (Å²) in [6.45, 7) is 5.35. The summed E-state index contributed by atoms with van der Waals surface area (Å²) in [7, 11) is 0. The molecule has 0 saturated carbocycles. The van der Waals surface area contributed by atoms with E-state index in [1.807, 2.05) is 0 Å². The van der Waals surface area contributed by atoms with E-state index in [2.05, 4.69) is 26.4 Å². The number of hydrogen-bond donors (Lipinski definition) is 1. The molecule has 1 aromatic carbocycles. The number of halogens is 3. The number of nitrogens with zero attached hydrogens (tertiary/aromatic N) is 3. The van der Waals surface area contributed by atoms with Crippen LogP contribution in [0.3, 0.4) is 0 Å². The molecule has 3 rings (SSSR count). The fourth-order valence-corrected chi connectivity index (χ4v) is 2.48. The molecule has 0 spiro atoms. The second-order valence-electron chi connectivity index (χ2n) is 5.68. The van der Waals surface area contributed by atoms with Gasteiger partial charge in [0.15, 0.2) is 11.4 Å². The first kappa shape index (κ1) is 17.9. The lowest BCUT2D eigenvalue weighted by Gasteiger charge is -2.24. The van der Waals surface area contributed by atoms with Crippen LogP contribution in [-0.2, 0) is 11.8 Å². The van der Waals surface area contributed by atoms with Gasteiger partial charge in [0, 0.05) is 18.1 Å². The Morgan fingerprint density at radius 1 is 1.15 bits per heavy atom. The zero-order chi connectivity index (χ0) is 18.9. The third-order valence-electron chi connectivity index (χ3n) is 3.76. The van der Waals surface area contributed by atoms with Crippen molar-refractivity contribution >= 4 is 0 Å². The molecule has 9 heteroatoms. The third kappa shape index (κ3) is 3.25. The molecule has 0 amide bonds. The standard InChI is InChI=1S/C17H14F3N3O3/c1-3-8-16(24,13-9-10(2)22-25-13)12-6-4-11(5-7-12)14-21-15(26-23-14)17(18,19)20/h3-7,9,24H,1,8H2,2H3. The molecule has 3 aromatic rings. The van der Waals surface area contributed by atoms with Crippen LogP contribution in [0.2, 0.25) is 0 Å². The second-order valence-corrected chi connectivity index (χ2v) is 5.68. The lowest BCUT2D eigenvalue weighted by atomic mass is 9.87. The Kier molecular flexibility index (Phi) is 4.41. The van der Waals surface area contributed by atoms with Crippen LogP contribution in [0.15, 0.2) is 52.0 Å². The molecule has 0 aliphatic heterocycles. The molecular formula is C17H14F3N3O3. The monoisotopic (exact) mass is 365 g/mol. The van der Waals surface area contributed by atoms with Crippen molar-refractivity contribution in [2.75, 3.05) is 0 Å². The Morgan fingerprint density at radius 2 is 1.85 bits per heavy atom. The zero-order valence-electron chi connectivity index (χ0n) is 13.6. The van der Waals surface area contributed by atoms with Crippen LogP contribution < -0.4 is 0 Å². The van der Waals surface area contributed by atoms with Crippen LogP contribution in [0.5, 0.6) is 0 Å². The van der Waals surface area contributed by atoms with Crippen LogP contribution in [0.4, 0.5) is 13.2 Å². The highest BCUT2D eigenvalue weighted by atomic mass is 19.4. The summed E-state index contributed by atoms with van der Waals surface area (Å²) >= 11 is 0. The van der Waals surface area contributed by atoms with Crippen molar-refractivity contribution in [1.82, 2.24) is 15.3 Å². The summed E-state index contributed by atoms with van der Waals surface area (Å²) in [5.74, 6) is -1.38. The predicted molar refractivity (Wildman–Crippen MR) is 83.8 cm³/mol. The van der Waals surface area contributed by atoms with E-state index in [-0.39, 0.29) is 18.0 Å². The fraction of sp³-hybridized carbons (Fsp3) is 0.235. The molecule has 0 radical (unpaired) electrons. The number of benzene rings is 1. The van der Waals surface area contributed by atoms with E-state index in [9.17, 15) is 18.3 Å². The van der Waals surface area contributed by atoms with E-state index in [0.717, 1.165) is 0 Å². The van der Waals surface area contributed by atoms with Crippen LogP contribution in [0.25, 0.3) is 11.4 Å². The molecule has 1 N–H and O–H groups in total. The molecule has 0 saturated heterocycles. The normalized spacial score (nSPS) is 14.2. The van der Waals surface area contributed by atoms with Crippen LogP contribution in [0.1, 0.15) is 29.3 Å². The van der Waals surface area contributed by atoms with Gasteiger partial charge in [-0.1, -0.05) is 40.7 Å². The second kappa shape index (κ2) is 6.41. The van der Waals surface area contributed by atoms with Gasteiger partial charge in [-0.2, -0.15) is 18.2 Å². The summed E-state index contributed by atoms with van der Waals surface area (Å²) < 4.78 is 47.1. The van der Waals surface area contributed by atoms with Gasteiger partial charge in [0.05, 0.1) is 5.69 Å². The SMILES string of the molecule is C=CCC(O)(c1ccc(-c2noc(C(F)(F)F)n2)cc1)c1cc(C)no1. The van der Waals surface area contributed by atoms with Gasteiger partial charge in [-0.05, 0) is 12.5 Å². The fourth-order valence-electron chi connectivity index (χ4n) is 2.48. The van der Waals surface area contributed by atoms with Crippen LogP contribution >= 0.6 is 0 Å². The highest BCUT2D eigenvalue weighted by Gasteiger charge is 2.39. The van der Waals surface area contributed by atoms with Crippen molar-refractivity contribution in [2.24, 2.45) is 0 Å². The van der Waals surface area contributed by atoms with Gasteiger partial charge in [-0.3, -0.25) is 0 Å². The van der Waals surface area contributed by atoms with Gasteiger partial charge in [0.1, 0.15) is 0 Å². The Morgan fingerprint density at radius 3 is 2.35 bits per heavy atom. The summed E-state index contributed by atoms with van der Waals surface area (Å²) in [5, 5.41) is 18.1. The van der Waals surface area contributed by atoms with E-state index in [4.69, 9.17) is 4.52 Å². The summed E-state index contributed by atoms with van der Waals surface area (Å²) in [4.78, 5) is 3.33. The van der Waals surface area contributed by atoms with Gasteiger partial charge in [0.2, 0.25) is 5.82 Å². The molecule has 1 unspecified atom stereocenters. The summed E-state index contributed by atoms with van der Waals surface area (Å²) in [5.41, 5.74) is -0.138. The van der Waals surface area contributed by atoms with Crippen molar-refractivity contribution in [3.63, 3.8) is 0 Å². The minimum absolute atomic E-state index is 0.154. The van der Waals surface area contributed by atoms with E-state index < -0.39 is 17.7 Å². The lowest BCUT2D eigenvalue weighted by molar-refractivity contribution is -0.159. The average Bonchev–Trinajstić information content (AvgIpc) is 3.24. The first-order valence-corrected chi connectivity index (χ1v) is 7.53. The largest absolute Gasteiger partial charge is 0.471 e. The maximum atomic E-state index is 12.6. The zero-order valence-corrected chi connectivity index (χ0v) is 13.6. The van der Waals surface area contributed by atoms with E-state index in [1.165, 1.54) is 18.2 Å². The molecular weight excluding hydrogens is 351 g/mol. The topological polar surface area (TPSA) is 85.2 Å². The van der Waals surface area contributed by atoms with Gasteiger partial charge in [-0.25, -0.2) is 0 Å².